The van der Waals surface area contributed by atoms with E-state index in [4.69, 9.17) is 0 Å². The predicted molar refractivity (Wildman–Crippen MR) is 136 cm³/mol. The van der Waals surface area contributed by atoms with Gasteiger partial charge in [-0.05, 0) is 43.6 Å². The molecular formula is C26H35FN4O4S. The van der Waals surface area contributed by atoms with E-state index in [9.17, 15) is 23.9 Å². The summed E-state index contributed by atoms with van der Waals surface area (Å²) >= 11 is 1.62. The average molecular weight is 519 g/mol. The fourth-order valence-electron chi connectivity index (χ4n) is 4.66. The van der Waals surface area contributed by atoms with Gasteiger partial charge in [-0.15, -0.1) is 11.3 Å². The largest absolute Gasteiger partial charge is 0.391 e. The molecule has 2 heterocycles. The van der Waals surface area contributed by atoms with Crippen LogP contribution in [0, 0.1) is 12.3 Å². The van der Waals surface area contributed by atoms with Gasteiger partial charge in [0.1, 0.15) is 12.1 Å². The number of hydrogen-bond donors (Lipinski definition) is 3. The smallest absolute Gasteiger partial charge is 0.258 e. The molecule has 0 spiro atoms. The minimum absolute atomic E-state index is 0.0108. The number of thiazole rings is 1. The first-order valence-electron chi connectivity index (χ1n) is 12.4. The molecule has 1 aromatic rings. The van der Waals surface area contributed by atoms with E-state index in [-0.39, 0.29) is 31.7 Å². The van der Waals surface area contributed by atoms with Crippen LogP contribution in [0.25, 0.3) is 5.57 Å². The van der Waals surface area contributed by atoms with Crippen molar-refractivity contribution in [3.63, 3.8) is 0 Å². The Hall–Kier alpha value is -2.59. The van der Waals surface area contributed by atoms with Crippen LogP contribution in [0.2, 0.25) is 0 Å². The van der Waals surface area contributed by atoms with Crippen LogP contribution in [0.1, 0.15) is 63.4 Å². The normalized spacial score (nSPS) is 24.0. The van der Waals surface area contributed by atoms with E-state index in [1.54, 1.807) is 32.1 Å². The van der Waals surface area contributed by atoms with Crippen molar-refractivity contribution < 1.29 is 23.9 Å². The maximum absolute atomic E-state index is 14.3. The Bertz CT molecular complexity index is 1100. The summed E-state index contributed by atoms with van der Waals surface area (Å²) in [5.41, 5.74) is 2.54. The van der Waals surface area contributed by atoms with E-state index in [1.165, 1.54) is 15.4 Å². The van der Waals surface area contributed by atoms with Gasteiger partial charge >= 0.3 is 0 Å². The van der Waals surface area contributed by atoms with E-state index >= 15 is 0 Å². The molecule has 10 heteroatoms. The third-order valence-corrected chi connectivity index (χ3v) is 8.12. The lowest BCUT2D eigenvalue weighted by Gasteiger charge is -2.35. The van der Waals surface area contributed by atoms with E-state index in [2.05, 4.69) is 21.7 Å². The summed E-state index contributed by atoms with van der Waals surface area (Å²) in [6, 6.07) is -1.87. The summed E-state index contributed by atoms with van der Waals surface area (Å²) in [5, 5.41) is 15.8. The number of nitrogens with one attached hydrogen (secondary N) is 2. The zero-order valence-corrected chi connectivity index (χ0v) is 22.1. The van der Waals surface area contributed by atoms with E-state index in [0.29, 0.717) is 6.54 Å². The molecule has 36 heavy (non-hydrogen) atoms. The van der Waals surface area contributed by atoms with Gasteiger partial charge < -0.3 is 20.6 Å². The molecule has 4 rings (SSSR count). The lowest BCUT2D eigenvalue weighted by molar-refractivity contribution is -0.144. The number of aliphatic hydroxyl groups is 1. The number of hydrogen-bond acceptors (Lipinski definition) is 6. The van der Waals surface area contributed by atoms with E-state index in [0.717, 1.165) is 24.1 Å². The van der Waals surface area contributed by atoms with Crippen molar-refractivity contribution in [1.82, 2.24) is 20.5 Å². The Morgan fingerprint density at radius 3 is 2.56 bits per heavy atom. The number of nitrogens with zero attached hydrogens (tertiary/aromatic N) is 2. The lowest BCUT2D eigenvalue weighted by atomic mass is 9.85. The molecule has 1 saturated carbocycles. The molecule has 3 amide bonds. The third kappa shape index (κ3) is 5.70. The minimum Gasteiger partial charge on any atom is -0.391 e. The zero-order chi connectivity index (χ0) is 26.3. The van der Waals surface area contributed by atoms with Crippen LogP contribution in [-0.4, -0.2) is 69.7 Å². The number of aliphatic hydroxyl groups excluding tert-OH is 1. The molecule has 8 nitrogen and oxygen atoms in total. The zero-order valence-electron chi connectivity index (χ0n) is 21.3. The molecule has 0 aromatic carbocycles. The molecule has 3 aliphatic rings. The second-order valence-electron chi connectivity index (χ2n) is 11.1. The number of aryl methyl sites for hydroxylation is 1. The summed E-state index contributed by atoms with van der Waals surface area (Å²) in [6.07, 6.45) is 5.31. The van der Waals surface area contributed by atoms with Gasteiger partial charge in [0.2, 0.25) is 11.8 Å². The summed E-state index contributed by atoms with van der Waals surface area (Å²) < 4.78 is 14.3. The highest BCUT2D eigenvalue weighted by Crippen LogP contribution is 2.40. The van der Waals surface area contributed by atoms with Gasteiger partial charge in [0.15, 0.2) is 5.67 Å². The summed E-state index contributed by atoms with van der Waals surface area (Å²) in [6.45, 7) is 7.67. The van der Waals surface area contributed by atoms with Crippen molar-refractivity contribution in [2.24, 2.45) is 5.41 Å². The first-order valence-corrected chi connectivity index (χ1v) is 13.3. The Morgan fingerprint density at radius 2 is 2.00 bits per heavy atom. The van der Waals surface area contributed by atoms with Gasteiger partial charge in [-0.2, -0.15) is 0 Å². The van der Waals surface area contributed by atoms with Crippen LogP contribution in [0.15, 0.2) is 23.2 Å². The van der Waals surface area contributed by atoms with Gasteiger partial charge in [0.05, 0.1) is 22.2 Å². The number of likely N-dealkylation sites (tertiary alicyclic amines) is 1. The standard InChI is InChI=1S/C26H35FN4O4S/c1-15-20(36-14-29-15)17-7-5-16(6-8-17)12-28-22(33)19-11-18(32)13-31(19)23(34)21(25(2,3)4)30-24(35)26(27)9-10-26/h5,7,14,18-19,21,32H,6,8-13H2,1-4H3,(H,28,33)(H,30,35)/t18-,19?,21-/m1/s1. The number of amides is 3. The first-order chi connectivity index (χ1) is 16.9. The van der Waals surface area contributed by atoms with Crippen molar-refractivity contribution in [2.75, 3.05) is 13.1 Å². The summed E-state index contributed by atoms with van der Waals surface area (Å²) in [7, 11) is 0. The number of carbonyl (C=O) groups is 3. The van der Waals surface area contributed by atoms with Gasteiger partial charge in [-0.25, -0.2) is 9.37 Å². The molecule has 1 aromatic heterocycles. The third-order valence-electron chi connectivity index (χ3n) is 7.11. The number of allylic oxidation sites excluding steroid dienone is 3. The van der Waals surface area contributed by atoms with E-state index in [1.807, 2.05) is 18.5 Å². The van der Waals surface area contributed by atoms with Gasteiger partial charge in [-0.1, -0.05) is 38.5 Å². The first kappa shape index (κ1) is 26.5. The molecule has 2 fully saturated rings. The van der Waals surface area contributed by atoms with Gasteiger partial charge in [0.25, 0.3) is 5.91 Å². The van der Waals surface area contributed by atoms with Gasteiger partial charge in [-0.3, -0.25) is 14.4 Å². The molecule has 3 atom stereocenters. The number of rotatable bonds is 7. The Morgan fingerprint density at radius 1 is 1.28 bits per heavy atom. The summed E-state index contributed by atoms with van der Waals surface area (Å²) in [5.74, 6) is -1.63. The van der Waals surface area contributed by atoms with Crippen molar-refractivity contribution in [1.29, 1.82) is 0 Å². The molecule has 2 aliphatic carbocycles. The molecule has 196 valence electrons. The molecule has 1 aliphatic heterocycles. The number of alkyl halides is 1. The van der Waals surface area contributed by atoms with Crippen LogP contribution in [0.4, 0.5) is 4.39 Å². The van der Waals surface area contributed by atoms with Gasteiger partial charge in [0, 0.05) is 19.5 Å². The fourth-order valence-corrected chi connectivity index (χ4v) is 5.52. The van der Waals surface area contributed by atoms with Crippen molar-refractivity contribution >= 4 is 34.6 Å². The Balaban J connectivity index is 1.41. The van der Waals surface area contributed by atoms with Crippen molar-refractivity contribution in [2.45, 2.75) is 83.7 Å². The van der Waals surface area contributed by atoms with Crippen LogP contribution in [-0.2, 0) is 14.4 Å². The molecule has 1 unspecified atom stereocenters. The number of carbonyl (C=O) groups excluding carboxylic acids is 3. The highest BCUT2D eigenvalue weighted by molar-refractivity contribution is 7.10. The Kier molecular flexibility index (Phi) is 7.39. The monoisotopic (exact) mass is 518 g/mol. The second-order valence-corrected chi connectivity index (χ2v) is 12.0. The molecule has 0 bridgehead atoms. The van der Waals surface area contributed by atoms with Crippen molar-refractivity contribution in [3.8, 4) is 0 Å². The Labute approximate surface area is 215 Å². The maximum Gasteiger partial charge on any atom is 0.258 e. The highest BCUT2D eigenvalue weighted by Gasteiger charge is 2.53. The topological polar surface area (TPSA) is 112 Å². The molecule has 3 N–H and O–H groups in total. The minimum atomic E-state index is -1.91. The molecule has 0 radical (unpaired) electrons. The second kappa shape index (κ2) is 10.0. The quantitative estimate of drug-likeness (QED) is 0.514. The summed E-state index contributed by atoms with van der Waals surface area (Å²) in [4.78, 5) is 45.8. The number of aromatic nitrogens is 1. The van der Waals surface area contributed by atoms with Crippen LogP contribution in [0.3, 0.4) is 0 Å². The van der Waals surface area contributed by atoms with Crippen LogP contribution < -0.4 is 10.6 Å². The predicted octanol–water partition coefficient (Wildman–Crippen LogP) is 2.67. The number of halogens is 1. The average Bonchev–Trinajstić information content (AvgIpc) is 3.23. The molecular weight excluding hydrogens is 483 g/mol. The molecule has 1 saturated heterocycles. The van der Waals surface area contributed by atoms with Crippen molar-refractivity contribution in [3.05, 3.63) is 33.8 Å². The van der Waals surface area contributed by atoms with Crippen LogP contribution in [0.5, 0.6) is 0 Å². The number of β-amino-alcohol motifs (C(OH)–C–C–N with tert-alkyl or cyclic N) is 1. The highest BCUT2D eigenvalue weighted by atomic mass is 32.1. The fraction of sp³-hybridized carbons (Fsp3) is 0.615. The SMILES string of the molecule is Cc1ncsc1C1=CC=C(CNC(=O)C2C[C@@H](O)CN2C(=O)[C@@H](NC(=O)C2(F)CC2)C(C)(C)C)CC1. The lowest BCUT2D eigenvalue weighted by Crippen LogP contribution is -2.59. The maximum atomic E-state index is 14.3. The van der Waals surface area contributed by atoms with Crippen LogP contribution >= 0.6 is 11.3 Å². The van der Waals surface area contributed by atoms with E-state index < -0.39 is 41.1 Å².